The number of ether oxygens (including phenoxy) is 2. The molecule has 11 heteroatoms. The molecule has 2 aliphatic heterocycles. The first kappa shape index (κ1) is 23.8. The van der Waals surface area contributed by atoms with E-state index < -0.39 is 6.17 Å². The number of hydrogen-bond acceptors (Lipinski definition) is 10. The molecule has 6 rings (SSSR count). The van der Waals surface area contributed by atoms with Gasteiger partial charge >= 0.3 is 0 Å². The Kier molecular flexibility index (Phi) is 6.23. The molecule has 0 unspecified atom stereocenters. The van der Waals surface area contributed by atoms with E-state index in [0.29, 0.717) is 34.5 Å². The maximum Gasteiger partial charge on any atom is 0.278 e. The molecule has 3 aromatic rings. The van der Waals surface area contributed by atoms with E-state index in [1.165, 1.54) is 14.2 Å². The van der Waals surface area contributed by atoms with Crippen molar-refractivity contribution in [3.05, 3.63) is 30.6 Å². The Morgan fingerprint density at radius 2 is 1.86 bits per heavy atom. The zero-order valence-electron chi connectivity index (χ0n) is 20.8. The third kappa shape index (κ3) is 4.52. The van der Waals surface area contributed by atoms with E-state index in [9.17, 15) is 5.11 Å². The summed E-state index contributed by atoms with van der Waals surface area (Å²) in [5.74, 6) is 1.40. The van der Waals surface area contributed by atoms with E-state index in [4.69, 9.17) is 9.47 Å². The smallest absolute Gasteiger partial charge is 0.278 e. The Labute approximate surface area is 214 Å². The number of nitrogens with one attached hydrogen (secondary N) is 1. The van der Waals surface area contributed by atoms with Gasteiger partial charge in [0.2, 0.25) is 0 Å². The van der Waals surface area contributed by atoms with Crippen molar-refractivity contribution in [2.24, 2.45) is 0 Å². The minimum atomic E-state index is -0.949. The van der Waals surface area contributed by atoms with Gasteiger partial charge in [-0.05, 0) is 44.2 Å². The van der Waals surface area contributed by atoms with Crippen LogP contribution in [0.1, 0.15) is 38.5 Å². The third-order valence-electron chi connectivity index (χ3n) is 7.54. The Morgan fingerprint density at radius 3 is 2.57 bits per heavy atom. The number of methoxy groups -OCH3 is 2. The minimum absolute atomic E-state index is 0.0160. The summed E-state index contributed by atoms with van der Waals surface area (Å²) in [5.41, 5.74) is 1.60. The molecule has 4 heterocycles. The summed E-state index contributed by atoms with van der Waals surface area (Å²) in [5, 5.41) is 23.0. The monoisotopic (exact) mass is 507 g/mol. The average molecular weight is 508 g/mol. The second-order valence-corrected chi connectivity index (χ2v) is 9.93. The number of fused-ring (bicyclic) bond motifs is 2. The van der Waals surface area contributed by atoms with Crippen LogP contribution < -0.4 is 19.7 Å². The first-order valence-electron chi connectivity index (χ1n) is 12.7. The van der Waals surface area contributed by atoms with Crippen LogP contribution in [0.25, 0.3) is 22.6 Å². The zero-order valence-corrected chi connectivity index (χ0v) is 20.8. The van der Waals surface area contributed by atoms with Crippen LogP contribution in [0.5, 0.6) is 17.5 Å². The van der Waals surface area contributed by atoms with Crippen LogP contribution in [-0.4, -0.2) is 74.8 Å². The molecule has 37 heavy (non-hydrogen) atoms. The summed E-state index contributed by atoms with van der Waals surface area (Å²) >= 11 is 0. The Bertz CT molecular complexity index is 1270. The van der Waals surface area contributed by atoms with Crippen molar-refractivity contribution in [3.8, 4) is 40.2 Å². The van der Waals surface area contributed by atoms with Gasteiger partial charge < -0.3 is 24.8 Å². The van der Waals surface area contributed by atoms with Crippen LogP contribution in [-0.2, 0) is 0 Å². The predicted molar refractivity (Wildman–Crippen MR) is 134 cm³/mol. The highest BCUT2D eigenvalue weighted by Crippen LogP contribution is 2.39. The molecular weight excluding hydrogens is 477 g/mol. The van der Waals surface area contributed by atoms with Crippen molar-refractivity contribution in [1.82, 2.24) is 30.5 Å². The first-order chi connectivity index (χ1) is 18.1. The fourth-order valence-electron chi connectivity index (χ4n) is 5.59. The maximum absolute atomic E-state index is 15.5. The van der Waals surface area contributed by atoms with Gasteiger partial charge in [-0.1, -0.05) is 12.5 Å². The van der Waals surface area contributed by atoms with E-state index in [-0.39, 0.29) is 35.6 Å². The highest BCUT2D eigenvalue weighted by molar-refractivity contribution is 5.71. The molecule has 0 spiro atoms. The van der Waals surface area contributed by atoms with Crippen molar-refractivity contribution in [2.45, 2.75) is 68.9 Å². The second-order valence-electron chi connectivity index (χ2n) is 9.93. The van der Waals surface area contributed by atoms with Gasteiger partial charge in [-0.3, -0.25) is 0 Å². The zero-order chi connectivity index (χ0) is 25.5. The molecule has 2 bridgehead atoms. The molecule has 1 aliphatic carbocycles. The minimum Gasteiger partial charge on any atom is -0.507 e. The second kappa shape index (κ2) is 9.70. The fraction of sp³-hybridized carbons (Fsp3) is 0.500. The molecule has 0 radical (unpaired) electrons. The molecule has 2 aromatic heterocycles. The topological polar surface area (TPSA) is 118 Å². The summed E-state index contributed by atoms with van der Waals surface area (Å²) in [4.78, 5) is 15.2. The number of aromatic hydroxyl groups is 1. The van der Waals surface area contributed by atoms with Gasteiger partial charge in [-0.15, -0.1) is 10.2 Å². The number of nitrogens with zero attached hydrogens (tertiary/aromatic N) is 6. The maximum atomic E-state index is 15.5. The SMILES string of the molecule is COc1ncc(-c2ccc(-c3ncc(N(C4CC4)[C@@H]4C[C@H]5CCC[C@H](N5)[C@@H]4F)nn3)c(O)c2)nc1OC. The van der Waals surface area contributed by atoms with Crippen LogP contribution >= 0.6 is 0 Å². The molecule has 1 aromatic carbocycles. The average Bonchev–Trinajstić information content (AvgIpc) is 3.77. The van der Waals surface area contributed by atoms with Crippen LogP contribution in [0, 0.1) is 0 Å². The fourth-order valence-corrected chi connectivity index (χ4v) is 5.59. The van der Waals surface area contributed by atoms with Crippen molar-refractivity contribution in [1.29, 1.82) is 0 Å². The van der Waals surface area contributed by atoms with E-state index >= 15 is 4.39 Å². The standard InChI is InChI=1S/C26H30FN7O3/c1-36-25-26(37-2)31-19(12-29-25)14-6-9-17(21(35)10-14)24-28-13-22(32-33-24)34(16-7-8-16)20-11-15-4-3-5-18(30-15)23(20)27/h6,9-10,12-13,15-16,18,20,23,30,35H,3-5,7-8,11H2,1-2H3/t15-,18+,20-,23+/m1/s1. The van der Waals surface area contributed by atoms with Gasteiger partial charge in [0, 0.05) is 23.7 Å². The molecule has 194 valence electrons. The number of phenols is 1. The molecule has 2 N–H and O–H groups in total. The number of halogens is 1. The number of hydrogen-bond donors (Lipinski definition) is 2. The lowest BCUT2D eigenvalue weighted by Gasteiger charge is -2.47. The number of aromatic nitrogens is 5. The van der Waals surface area contributed by atoms with E-state index in [1.807, 2.05) is 0 Å². The molecule has 1 saturated carbocycles. The Balaban J connectivity index is 1.25. The highest BCUT2D eigenvalue weighted by atomic mass is 19.1. The number of rotatable bonds is 7. The van der Waals surface area contributed by atoms with Gasteiger partial charge in [0.05, 0.1) is 43.9 Å². The lowest BCUT2D eigenvalue weighted by molar-refractivity contribution is 0.104. The molecule has 2 saturated heterocycles. The van der Waals surface area contributed by atoms with Crippen LogP contribution in [0.4, 0.5) is 10.2 Å². The Morgan fingerprint density at radius 1 is 1.03 bits per heavy atom. The lowest BCUT2D eigenvalue weighted by Crippen LogP contribution is -2.62. The molecule has 3 fully saturated rings. The van der Waals surface area contributed by atoms with Crippen molar-refractivity contribution in [3.63, 3.8) is 0 Å². The summed E-state index contributed by atoms with van der Waals surface area (Å²) in [6.07, 6.45) is 8.10. The van der Waals surface area contributed by atoms with Gasteiger partial charge in [-0.2, -0.15) is 0 Å². The van der Waals surface area contributed by atoms with Crippen LogP contribution in [0.15, 0.2) is 30.6 Å². The van der Waals surface area contributed by atoms with Crippen LogP contribution in [0.3, 0.4) is 0 Å². The number of anilines is 1. The normalized spacial score (nSPS) is 24.9. The van der Waals surface area contributed by atoms with Gasteiger partial charge in [-0.25, -0.2) is 19.3 Å². The van der Waals surface area contributed by atoms with Crippen molar-refractivity contribution in [2.75, 3.05) is 19.1 Å². The molecule has 4 atom stereocenters. The highest BCUT2D eigenvalue weighted by Gasteiger charge is 2.46. The van der Waals surface area contributed by atoms with Gasteiger partial charge in [0.25, 0.3) is 11.8 Å². The molecule has 3 aliphatic rings. The van der Waals surface area contributed by atoms with Crippen molar-refractivity contribution >= 4 is 5.82 Å². The van der Waals surface area contributed by atoms with Gasteiger partial charge in [0.15, 0.2) is 11.6 Å². The van der Waals surface area contributed by atoms with Gasteiger partial charge in [0.1, 0.15) is 11.9 Å². The van der Waals surface area contributed by atoms with E-state index in [1.54, 1.807) is 30.6 Å². The van der Waals surface area contributed by atoms with E-state index in [2.05, 4.69) is 35.4 Å². The predicted octanol–water partition coefficient (Wildman–Crippen LogP) is 3.31. The van der Waals surface area contributed by atoms with Crippen LogP contribution in [0.2, 0.25) is 0 Å². The quantitative estimate of drug-likeness (QED) is 0.493. The molecule has 10 nitrogen and oxygen atoms in total. The number of piperidine rings is 2. The molecular formula is C26H30FN7O3. The number of benzene rings is 1. The summed E-state index contributed by atoms with van der Waals surface area (Å²) in [6.45, 7) is 0. The Hall–Kier alpha value is -3.60. The first-order valence-corrected chi connectivity index (χ1v) is 12.7. The summed E-state index contributed by atoms with van der Waals surface area (Å²) in [6, 6.07) is 5.39. The van der Waals surface area contributed by atoms with Crippen molar-refractivity contribution < 1.29 is 19.0 Å². The van der Waals surface area contributed by atoms with E-state index in [0.717, 1.165) is 38.5 Å². The lowest BCUT2D eigenvalue weighted by atomic mass is 9.82. The third-order valence-corrected chi connectivity index (χ3v) is 7.54. The summed E-state index contributed by atoms with van der Waals surface area (Å²) < 4.78 is 25.8. The number of alkyl halides is 1. The number of phenolic OH excluding ortho intramolecular Hbond substituents is 1. The summed E-state index contributed by atoms with van der Waals surface area (Å²) in [7, 11) is 2.98. The molecule has 0 amide bonds. The largest absolute Gasteiger partial charge is 0.507 e.